The van der Waals surface area contributed by atoms with Gasteiger partial charge in [-0.2, -0.15) is 0 Å². The standard InChI is InChI=1S/C32H36F3N7O3/c1-18(2)42(21-11-32(34,35)12-21)30(43)23-10-20(33)4-5-25(23)45-29-28(38-17-39-40-29)41-15-31(16-41)13-22(14-31)44-26-7-9-37-24-6-8-36-19(3)27(24)26/h4-5,7,9-10,17-19,21-22,36H,6,8,11-16H2,1-3H3. The van der Waals surface area contributed by atoms with E-state index in [1.807, 2.05) is 17.2 Å². The predicted molar refractivity (Wildman–Crippen MR) is 158 cm³/mol. The number of pyridine rings is 1. The molecule has 2 saturated carbocycles. The number of amides is 1. The van der Waals surface area contributed by atoms with Crippen LogP contribution >= 0.6 is 0 Å². The zero-order chi connectivity index (χ0) is 31.5. The summed E-state index contributed by atoms with van der Waals surface area (Å²) in [6, 6.07) is 4.71. The van der Waals surface area contributed by atoms with Gasteiger partial charge in [0.15, 0.2) is 5.82 Å². The van der Waals surface area contributed by atoms with Crippen molar-refractivity contribution in [2.75, 3.05) is 24.5 Å². The molecule has 10 nitrogen and oxygen atoms in total. The Morgan fingerprint density at radius 2 is 1.89 bits per heavy atom. The van der Waals surface area contributed by atoms with Crippen molar-refractivity contribution in [2.24, 2.45) is 5.41 Å². The van der Waals surface area contributed by atoms with Crippen LogP contribution in [0.15, 0.2) is 36.8 Å². The van der Waals surface area contributed by atoms with Crippen LogP contribution in [0.1, 0.15) is 74.1 Å². The third-order valence-corrected chi connectivity index (χ3v) is 9.45. The van der Waals surface area contributed by atoms with Gasteiger partial charge in [-0.3, -0.25) is 9.78 Å². The van der Waals surface area contributed by atoms with Crippen LogP contribution in [0.3, 0.4) is 0 Å². The number of hydrogen-bond donors (Lipinski definition) is 1. The second kappa shape index (κ2) is 11.1. The second-order valence-corrected chi connectivity index (χ2v) is 13.2. The first kappa shape index (κ1) is 29.7. The molecule has 0 radical (unpaired) electrons. The summed E-state index contributed by atoms with van der Waals surface area (Å²) in [5.74, 6) is -2.54. The van der Waals surface area contributed by atoms with Gasteiger partial charge >= 0.3 is 0 Å². The first-order valence-electron chi connectivity index (χ1n) is 15.5. The molecular formula is C32H36F3N7O3. The summed E-state index contributed by atoms with van der Waals surface area (Å²) in [5.41, 5.74) is 2.26. The quantitative estimate of drug-likeness (QED) is 0.367. The highest BCUT2D eigenvalue weighted by atomic mass is 19.3. The molecule has 1 N–H and O–H groups in total. The Kier molecular flexibility index (Phi) is 7.33. The Hall–Kier alpha value is -4.00. The molecule has 1 saturated heterocycles. The van der Waals surface area contributed by atoms with Gasteiger partial charge in [-0.15, -0.1) is 10.2 Å². The lowest BCUT2D eigenvalue weighted by Gasteiger charge is -2.58. The van der Waals surface area contributed by atoms with Crippen molar-refractivity contribution in [3.63, 3.8) is 0 Å². The number of carbonyl (C=O) groups is 1. The number of hydrogen-bond acceptors (Lipinski definition) is 9. The van der Waals surface area contributed by atoms with Crippen molar-refractivity contribution in [2.45, 2.75) is 83.0 Å². The van der Waals surface area contributed by atoms with Gasteiger partial charge in [0.25, 0.3) is 17.7 Å². The van der Waals surface area contributed by atoms with Crippen LogP contribution in [-0.2, 0) is 6.42 Å². The monoisotopic (exact) mass is 623 g/mol. The van der Waals surface area contributed by atoms with Crippen molar-refractivity contribution < 1.29 is 27.4 Å². The van der Waals surface area contributed by atoms with E-state index in [-0.39, 0.29) is 40.8 Å². The van der Waals surface area contributed by atoms with Crippen LogP contribution in [-0.4, -0.2) is 74.7 Å². The molecular weight excluding hydrogens is 587 g/mol. The van der Waals surface area contributed by atoms with Gasteiger partial charge in [-0.1, -0.05) is 0 Å². The fourth-order valence-electron chi connectivity index (χ4n) is 7.30. The molecule has 13 heteroatoms. The zero-order valence-electron chi connectivity index (χ0n) is 25.5. The van der Waals surface area contributed by atoms with Crippen LogP contribution in [0, 0.1) is 11.2 Å². The predicted octanol–water partition coefficient (Wildman–Crippen LogP) is 5.10. The van der Waals surface area contributed by atoms with Gasteiger partial charge in [-0.05, 0) is 57.9 Å². The number of benzene rings is 1. The van der Waals surface area contributed by atoms with E-state index in [9.17, 15) is 18.0 Å². The third kappa shape index (κ3) is 5.55. The number of rotatable bonds is 8. The molecule has 3 aromatic rings. The molecule has 2 aliphatic heterocycles. The Bertz CT molecular complexity index is 1600. The van der Waals surface area contributed by atoms with Crippen LogP contribution in [0.25, 0.3) is 0 Å². The molecule has 1 aromatic carbocycles. The number of nitrogens with zero attached hydrogens (tertiary/aromatic N) is 6. The molecule has 2 aromatic heterocycles. The van der Waals surface area contributed by atoms with E-state index >= 15 is 0 Å². The van der Waals surface area contributed by atoms with Crippen molar-refractivity contribution in [3.05, 3.63) is 59.4 Å². The maximum absolute atomic E-state index is 14.4. The Balaban J connectivity index is 1.03. The number of anilines is 1. The molecule has 0 bridgehead atoms. The van der Waals surface area contributed by atoms with E-state index in [1.165, 1.54) is 23.4 Å². The van der Waals surface area contributed by atoms with Crippen LogP contribution < -0.4 is 19.7 Å². The summed E-state index contributed by atoms with van der Waals surface area (Å²) in [5, 5.41) is 11.5. The smallest absolute Gasteiger partial charge is 0.282 e. The number of nitrogens with one attached hydrogen (secondary N) is 1. The molecule has 1 amide bonds. The summed E-state index contributed by atoms with van der Waals surface area (Å²) in [7, 11) is 0. The first-order chi connectivity index (χ1) is 21.5. The highest BCUT2D eigenvalue weighted by Gasteiger charge is 2.55. The topological polar surface area (TPSA) is 106 Å². The van der Waals surface area contributed by atoms with Crippen molar-refractivity contribution in [1.82, 2.24) is 30.4 Å². The molecule has 4 heterocycles. The molecule has 1 atom stereocenters. The number of ether oxygens (including phenoxy) is 2. The van der Waals surface area contributed by atoms with Crippen LogP contribution in [0.5, 0.6) is 17.4 Å². The minimum absolute atomic E-state index is 0.0541. The minimum Gasteiger partial charge on any atom is -0.490 e. The highest BCUT2D eigenvalue weighted by molar-refractivity contribution is 5.97. The molecule has 45 heavy (non-hydrogen) atoms. The van der Waals surface area contributed by atoms with E-state index in [0.29, 0.717) is 5.82 Å². The van der Waals surface area contributed by atoms with Gasteiger partial charge < -0.3 is 24.6 Å². The van der Waals surface area contributed by atoms with Gasteiger partial charge in [0.1, 0.15) is 29.7 Å². The molecule has 238 valence electrons. The molecule has 7 rings (SSSR count). The number of carbonyl (C=O) groups excluding carboxylic acids is 1. The Labute approximate surface area is 259 Å². The normalized spacial score (nSPS) is 21.8. The fraction of sp³-hybridized carbons (Fsp3) is 0.531. The highest BCUT2D eigenvalue weighted by Crippen LogP contribution is 2.52. The zero-order valence-corrected chi connectivity index (χ0v) is 25.5. The van der Waals surface area contributed by atoms with Crippen molar-refractivity contribution in [3.8, 4) is 17.4 Å². The number of alkyl halides is 2. The summed E-state index contributed by atoms with van der Waals surface area (Å²) in [6.45, 7) is 7.98. The Morgan fingerprint density at radius 1 is 1.11 bits per heavy atom. The molecule has 1 unspecified atom stereocenters. The van der Waals surface area contributed by atoms with Crippen molar-refractivity contribution in [1.29, 1.82) is 0 Å². The van der Waals surface area contributed by atoms with Gasteiger partial charge in [-0.25, -0.2) is 18.2 Å². The third-order valence-electron chi connectivity index (χ3n) is 9.45. The maximum atomic E-state index is 14.4. The average molecular weight is 624 g/mol. The van der Waals surface area contributed by atoms with E-state index in [4.69, 9.17) is 9.47 Å². The average Bonchev–Trinajstić information content (AvgIpc) is 2.94. The molecule has 2 aliphatic carbocycles. The van der Waals surface area contributed by atoms with Gasteiger partial charge in [0.2, 0.25) is 0 Å². The minimum atomic E-state index is -2.81. The number of fused-ring (bicyclic) bond motifs is 1. The summed E-state index contributed by atoms with van der Waals surface area (Å²) in [6.07, 6.45) is 5.10. The largest absolute Gasteiger partial charge is 0.490 e. The lowest BCUT2D eigenvalue weighted by atomic mass is 9.61. The summed E-state index contributed by atoms with van der Waals surface area (Å²) in [4.78, 5) is 26.0. The number of aromatic nitrogens is 4. The van der Waals surface area contributed by atoms with E-state index in [0.717, 1.165) is 62.0 Å². The lowest BCUT2D eigenvalue weighted by Crippen LogP contribution is -2.65. The molecule has 3 fully saturated rings. The second-order valence-electron chi connectivity index (χ2n) is 13.2. The van der Waals surface area contributed by atoms with Crippen LogP contribution in [0.2, 0.25) is 0 Å². The van der Waals surface area contributed by atoms with Crippen molar-refractivity contribution >= 4 is 11.7 Å². The molecule has 4 aliphatic rings. The van der Waals surface area contributed by atoms with E-state index in [2.05, 4.69) is 32.4 Å². The fourth-order valence-corrected chi connectivity index (χ4v) is 7.30. The number of halogens is 3. The van der Waals surface area contributed by atoms with E-state index < -0.39 is 36.5 Å². The van der Waals surface area contributed by atoms with Crippen LogP contribution in [0.4, 0.5) is 19.0 Å². The lowest BCUT2D eigenvalue weighted by molar-refractivity contribution is -0.120. The maximum Gasteiger partial charge on any atom is 0.282 e. The van der Waals surface area contributed by atoms with Gasteiger partial charge in [0, 0.05) is 74.2 Å². The SMILES string of the molecule is CC1NCCc2nccc(OC3CC4(C3)CN(c3ncnnc3Oc3ccc(F)cc3C(=O)N(C(C)C)C3CC(F)(F)C3)C4)c21. The van der Waals surface area contributed by atoms with Gasteiger partial charge in [0.05, 0.1) is 11.3 Å². The Morgan fingerprint density at radius 3 is 2.62 bits per heavy atom. The summed E-state index contributed by atoms with van der Waals surface area (Å²) >= 11 is 0. The first-order valence-corrected chi connectivity index (χ1v) is 15.5. The van der Waals surface area contributed by atoms with E-state index in [1.54, 1.807) is 13.8 Å². The molecule has 1 spiro atoms. The summed E-state index contributed by atoms with van der Waals surface area (Å²) < 4.78 is 54.3.